The van der Waals surface area contributed by atoms with E-state index in [1.165, 1.54) is 0 Å². The number of hydrogen-bond acceptors (Lipinski definition) is 4. The van der Waals surface area contributed by atoms with Gasteiger partial charge in [0.25, 0.3) is 0 Å². The highest BCUT2D eigenvalue weighted by molar-refractivity contribution is 5.79. The average molecular weight is 350 g/mol. The van der Waals surface area contributed by atoms with E-state index in [1.54, 1.807) is 4.68 Å². The third-order valence-electron chi connectivity index (χ3n) is 5.19. The van der Waals surface area contributed by atoms with E-state index >= 15 is 0 Å². The zero-order valence-corrected chi connectivity index (χ0v) is 14.5. The molecule has 2 heterocycles. The zero-order valence-electron chi connectivity index (χ0n) is 14.5. The van der Waals surface area contributed by atoms with E-state index in [1.807, 2.05) is 59.5 Å². The lowest BCUT2D eigenvalue weighted by atomic mass is 9.87. The Kier molecular flexibility index (Phi) is 4.67. The maximum Gasteiger partial charge on any atom is 0.244 e. The van der Waals surface area contributed by atoms with Gasteiger partial charge < -0.3 is 10.0 Å². The van der Waals surface area contributed by atoms with Crippen LogP contribution in [0.5, 0.6) is 0 Å². The van der Waals surface area contributed by atoms with Gasteiger partial charge in [0.05, 0.1) is 11.6 Å². The highest BCUT2D eigenvalue weighted by Gasteiger charge is 2.28. The van der Waals surface area contributed by atoms with Crippen LogP contribution in [0.3, 0.4) is 0 Å². The number of likely N-dealkylation sites (tertiary alicyclic amines) is 1. The molecule has 1 fully saturated rings. The van der Waals surface area contributed by atoms with Crippen molar-refractivity contribution in [3.63, 3.8) is 0 Å². The first-order valence-electron chi connectivity index (χ1n) is 9.01. The first kappa shape index (κ1) is 16.7. The first-order valence-corrected chi connectivity index (χ1v) is 9.01. The number of carbonyl (C=O) groups excluding carboxylic acids is 1. The number of rotatable bonds is 4. The van der Waals surface area contributed by atoms with E-state index in [4.69, 9.17) is 0 Å². The molecule has 0 aliphatic carbocycles. The minimum atomic E-state index is -0.465. The maximum absolute atomic E-state index is 12.6. The summed E-state index contributed by atoms with van der Waals surface area (Å²) in [5.41, 5.74) is 2.62. The summed E-state index contributed by atoms with van der Waals surface area (Å²) in [5, 5.41) is 18.8. The Labute approximate surface area is 152 Å². The van der Waals surface area contributed by atoms with E-state index in [2.05, 4.69) is 10.3 Å². The molecule has 0 spiro atoms. The fraction of sp³-hybridized carbons (Fsp3) is 0.350. The van der Waals surface area contributed by atoms with Crippen LogP contribution in [0.2, 0.25) is 0 Å². The Morgan fingerprint density at radius 3 is 2.54 bits per heavy atom. The predicted molar refractivity (Wildman–Crippen MR) is 98.2 cm³/mol. The smallest absolute Gasteiger partial charge is 0.244 e. The third kappa shape index (κ3) is 3.32. The molecule has 26 heavy (non-hydrogen) atoms. The summed E-state index contributed by atoms with van der Waals surface area (Å²) < 4.78 is 1.66. The minimum absolute atomic E-state index is 0.0494. The molecule has 6 heteroatoms. The molecule has 3 aromatic rings. The van der Waals surface area contributed by atoms with Gasteiger partial charge in [-0.05, 0) is 36.5 Å². The number of carbonyl (C=O) groups is 1. The largest absolute Gasteiger partial charge is 0.388 e. The summed E-state index contributed by atoms with van der Waals surface area (Å²) in [6, 6.07) is 17.4. The monoisotopic (exact) mass is 350 g/mol. The van der Waals surface area contributed by atoms with Crippen LogP contribution < -0.4 is 0 Å². The Hall–Kier alpha value is -2.73. The van der Waals surface area contributed by atoms with Crippen molar-refractivity contribution in [1.29, 1.82) is 0 Å². The van der Waals surface area contributed by atoms with E-state index in [9.17, 15) is 9.90 Å². The van der Waals surface area contributed by atoms with Gasteiger partial charge in [0.15, 0.2) is 0 Å². The average Bonchev–Trinajstić information content (AvgIpc) is 3.11. The normalized spacial score (nSPS) is 16.7. The first-order chi connectivity index (χ1) is 12.7. The van der Waals surface area contributed by atoms with E-state index in [0.29, 0.717) is 13.1 Å². The summed E-state index contributed by atoms with van der Waals surface area (Å²) >= 11 is 0. The number of aliphatic hydroxyl groups is 1. The molecule has 0 bridgehead atoms. The zero-order chi connectivity index (χ0) is 17.9. The van der Waals surface area contributed by atoms with Gasteiger partial charge in [-0.3, -0.25) is 4.79 Å². The molecule has 4 rings (SSSR count). The Balaban J connectivity index is 1.36. The van der Waals surface area contributed by atoms with E-state index < -0.39 is 6.10 Å². The molecule has 134 valence electrons. The molecular formula is C20H22N4O2. The van der Waals surface area contributed by atoms with Crippen molar-refractivity contribution >= 4 is 16.9 Å². The lowest BCUT2D eigenvalue weighted by Gasteiger charge is -2.34. The van der Waals surface area contributed by atoms with Crippen LogP contribution in [0, 0.1) is 5.92 Å². The van der Waals surface area contributed by atoms with Crippen molar-refractivity contribution in [2.24, 2.45) is 5.92 Å². The van der Waals surface area contributed by atoms with Gasteiger partial charge in [-0.2, -0.15) is 0 Å². The second-order valence-corrected chi connectivity index (χ2v) is 6.81. The highest BCUT2D eigenvalue weighted by atomic mass is 16.3. The topological polar surface area (TPSA) is 71.2 Å². The molecule has 1 N–H and O–H groups in total. The van der Waals surface area contributed by atoms with Gasteiger partial charge in [-0.15, -0.1) is 5.10 Å². The fourth-order valence-corrected chi connectivity index (χ4v) is 3.65. The fourth-order valence-electron chi connectivity index (χ4n) is 3.65. The summed E-state index contributed by atoms with van der Waals surface area (Å²) in [4.78, 5) is 14.5. The summed E-state index contributed by atoms with van der Waals surface area (Å²) in [6.45, 7) is 1.53. The molecular weight excluding hydrogens is 328 g/mol. The molecule has 1 amide bonds. The minimum Gasteiger partial charge on any atom is -0.388 e. The van der Waals surface area contributed by atoms with Crippen LogP contribution in [0.1, 0.15) is 24.5 Å². The van der Waals surface area contributed by atoms with Gasteiger partial charge in [0.2, 0.25) is 5.91 Å². The second kappa shape index (κ2) is 7.25. The number of aromatic nitrogens is 3. The number of nitrogens with zero attached hydrogens (tertiary/aromatic N) is 4. The standard InChI is InChI=1S/C20H22N4O2/c25-19(14-24-18-9-5-4-8-17(18)21-22-24)23-12-10-16(11-13-23)20(26)15-6-2-1-3-7-15/h1-9,16,20,26H,10-14H2. The molecule has 1 aliphatic rings. The van der Waals surface area contributed by atoms with Crippen LogP contribution in [0.15, 0.2) is 54.6 Å². The van der Waals surface area contributed by atoms with Crippen molar-refractivity contribution in [3.8, 4) is 0 Å². The number of para-hydroxylation sites is 1. The highest BCUT2D eigenvalue weighted by Crippen LogP contribution is 2.30. The van der Waals surface area contributed by atoms with Crippen molar-refractivity contribution in [3.05, 3.63) is 60.2 Å². The van der Waals surface area contributed by atoms with Gasteiger partial charge >= 0.3 is 0 Å². The van der Waals surface area contributed by atoms with Crippen molar-refractivity contribution in [2.75, 3.05) is 13.1 Å². The summed E-state index contributed by atoms with van der Waals surface area (Å²) in [7, 11) is 0. The van der Waals surface area contributed by atoms with Crippen LogP contribution in [0.4, 0.5) is 0 Å². The number of amides is 1. The maximum atomic E-state index is 12.6. The number of hydrogen-bond donors (Lipinski definition) is 1. The number of aliphatic hydroxyl groups excluding tert-OH is 1. The number of piperidine rings is 1. The van der Waals surface area contributed by atoms with Crippen LogP contribution in [-0.4, -0.2) is 44.0 Å². The van der Waals surface area contributed by atoms with Crippen molar-refractivity contribution in [1.82, 2.24) is 19.9 Å². The van der Waals surface area contributed by atoms with Gasteiger partial charge in [-0.25, -0.2) is 4.68 Å². The molecule has 1 aliphatic heterocycles. The van der Waals surface area contributed by atoms with Crippen LogP contribution in [-0.2, 0) is 11.3 Å². The van der Waals surface area contributed by atoms with Crippen LogP contribution in [0.25, 0.3) is 11.0 Å². The summed E-state index contributed by atoms with van der Waals surface area (Å²) in [5.74, 6) is 0.238. The molecule has 1 saturated heterocycles. The Bertz CT molecular complexity index is 885. The SMILES string of the molecule is O=C(Cn1nnc2ccccc21)N1CCC(C(O)c2ccccc2)CC1. The van der Waals surface area contributed by atoms with Crippen molar-refractivity contribution in [2.45, 2.75) is 25.5 Å². The molecule has 0 saturated carbocycles. The molecule has 2 aromatic carbocycles. The lowest BCUT2D eigenvalue weighted by molar-refractivity contribution is -0.134. The molecule has 1 aromatic heterocycles. The van der Waals surface area contributed by atoms with E-state index in [-0.39, 0.29) is 18.4 Å². The molecule has 1 atom stereocenters. The Morgan fingerprint density at radius 1 is 1.08 bits per heavy atom. The second-order valence-electron chi connectivity index (χ2n) is 6.81. The van der Waals surface area contributed by atoms with Gasteiger partial charge in [0.1, 0.15) is 12.1 Å². The molecule has 0 radical (unpaired) electrons. The third-order valence-corrected chi connectivity index (χ3v) is 5.19. The Morgan fingerprint density at radius 2 is 1.77 bits per heavy atom. The molecule has 1 unspecified atom stereocenters. The quantitative estimate of drug-likeness (QED) is 0.784. The molecule has 6 nitrogen and oxygen atoms in total. The summed E-state index contributed by atoms with van der Waals surface area (Å²) in [6.07, 6.45) is 1.15. The number of fused-ring (bicyclic) bond motifs is 1. The van der Waals surface area contributed by atoms with Crippen molar-refractivity contribution < 1.29 is 9.90 Å². The van der Waals surface area contributed by atoms with Gasteiger partial charge in [0, 0.05) is 13.1 Å². The van der Waals surface area contributed by atoms with E-state index in [0.717, 1.165) is 29.4 Å². The number of benzene rings is 2. The van der Waals surface area contributed by atoms with Crippen LogP contribution >= 0.6 is 0 Å². The van der Waals surface area contributed by atoms with Gasteiger partial charge in [-0.1, -0.05) is 47.7 Å². The predicted octanol–water partition coefficient (Wildman–Crippen LogP) is 2.40. The lowest BCUT2D eigenvalue weighted by Crippen LogP contribution is -2.41.